The Hall–Kier alpha value is -2.20. The third kappa shape index (κ3) is 3.89. The number of carbonyl (C=O) groups excluding carboxylic acids is 1. The van der Waals surface area contributed by atoms with E-state index >= 15 is 0 Å². The Morgan fingerprint density at radius 1 is 1.47 bits per heavy atom. The van der Waals surface area contributed by atoms with E-state index in [0.29, 0.717) is 5.56 Å². The van der Waals surface area contributed by atoms with Gasteiger partial charge in [-0.1, -0.05) is 30.3 Å². The van der Waals surface area contributed by atoms with Gasteiger partial charge in [0.15, 0.2) is 0 Å². The van der Waals surface area contributed by atoms with E-state index < -0.39 is 24.7 Å². The minimum absolute atomic E-state index is 0.122. The molecule has 2 N–H and O–H groups in total. The van der Waals surface area contributed by atoms with Crippen LogP contribution in [0.4, 0.5) is 13.6 Å². The van der Waals surface area contributed by atoms with Crippen molar-refractivity contribution in [2.45, 2.75) is 18.6 Å². The predicted molar refractivity (Wildman–Crippen MR) is 61.2 cm³/mol. The summed E-state index contributed by atoms with van der Waals surface area (Å²) in [6.07, 6.45) is -4.42. The highest BCUT2D eigenvalue weighted by molar-refractivity contribution is 5.69. The maximum atomic E-state index is 12.6. The molecule has 1 atom stereocenters. The van der Waals surface area contributed by atoms with Crippen molar-refractivity contribution in [2.75, 3.05) is 6.61 Å². The minimum atomic E-state index is -3.23. The molecule has 0 fully saturated rings. The highest BCUT2D eigenvalue weighted by Gasteiger charge is 2.42. The van der Waals surface area contributed by atoms with Gasteiger partial charge in [-0.3, -0.25) is 5.32 Å². The predicted octanol–water partition coefficient (Wildman–Crippen LogP) is 1.43. The summed E-state index contributed by atoms with van der Waals surface area (Å²) in [5, 5.41) is 19.1. The zero-order chi connectivity index (χ0) is 14.3. The second-order valence-corrected chi connectivity index (χ2v) is 3.73. The summed E-state index contributed by atoms with van der Waals surface area (Å²) in [5.74, 6) is 0. The molecule has 1 rings (SSSR count). The fourth-order valence-electron chi connectivity index (χ4n) is 1.22. The summed E-state index contributed by atoms with van der Waals surface area (Å²) >= 11 is 0. The summed E-state index contributed by atoms with van der Waals surface area (Å²) in [5.41, 5.74) is -1.98. The number of nitrogens with zero attached hydrogens (tertiary/aromatic N) is 1. The van der Waals surface area contributed by atoms with Gasteiger partial charge in [0, 0.05) is 0 Å². The van der Waals surface area contributed by atoms with Crippen LogP contribution >= 0.6 is 0 Å². The number of hydrogen-bond donors (Lipinski definition) is 2. The van der Waals surface area contributed by atoms with Crippen LogP contribution in [0.25, 0.3) is 0 Å². The first-order valence-electron chi connectivity index (χ1n) is 5.33. The van der Waals surface area contributed by atoms with Crippen molar-refractivity contribution in [1.29, 1.82) is 5.26 Å². The highest BCUT2D eigenvalue weighted by atomic mass is 19.3. The van der Waals surface area contributed by atoms with Crippen LogP contribution in [0.2, 0.25) is 0 Å². The molecule has 0 aliphatic heterocycles. The van der Waals surface area contributed by atoms with Crippen LogP contribution in [0.15, 0.2) is 30.3 Å². The van der Waals surface area contributed by atoms with E-state index in [2.05, 4.69) is 0 Å². The lowest BCUT2D eigenvalue weighted by Gasteiger charge is -2.23. The molecular weight excluding hydrogens is 258 g/mol. The topological polar surface area (TPSA) is 82.4 Å². The molecule has 0 aliphatic carbocycles. The monoisotopic (exact) mass is 270 g/mol. The number of rotatable bonds is 5. The number of carbonyl (C=O) groups is 1. The average Bonchev–Trinajstić information content (AvgIpc) is 2.43. The molecule has 0 aromatic heterocycles. The second kappa shape index (κ2) is 6.66. The van der Waals surface area contributed by atoms with Crippen LogP contribution in [-0.4, -0.2) is 29.8 Å². The first-order valence-corrected chi connectivity index (χ1v) is 5.33. The van der Waals surface area contributed by atoms with E-state index in [4.69, 9.17) is 15.1 Å². The van der Waals surface area contributed by atoms with Gasteiger partial charge in [0.25, 0.3) is 6.43 Å². The quantitative estimate of drug-likeness (QED) is 0.848. The molecule has 102 valence electrons. The van der Waals surface area contributed by atoms with Gasteiger partial charge >= 0.3 is 6.09 Å². The third-order valence-corrected chi connectivity index (χ3v) is 2.36. The van der Waals surface area contributed by atoms with E-state index in [-0.39, 0.29) is 6.61 Å². The Bertz CT molecular complexity index is 462. The van der Waals surface area contributed by atoms with Crippen molar-refractivity contribution in [3.63, 3.8) is 0 Å². The van der Waals surface area contributed by atoms with Gasteiger partial charge in [0.1, 0.15) is 6.61 Å². The summed E-state index contributed by atoms with van der Waals surface area (Å²) in [7, 11) is 0. The van der Waals surface area contributed by atoms with Crippen molar-refractivity contribution in [1.82, 2.24) is 5.32 Å². The fourth-order valence-corrected chi connectivity index (χ4v) is 1.22. The molecule has 0 aliphatic rings. The molecule has 0 spiro atoms. The zero-order valence-corrected chi connectivity index (χ0v) is 9.85. The first-order chi connectivity index (χ1) is 9.04. The zero-order valence-electron chi connectivity index (χ0n) is 9.85. The number of aliphatic hydroxyl groups excluding tert-OH is 1. The van der Waals surface area contributed by atoms with E-state index in [1.165, 1.54) is 6.07 Å². The Balaban J connectivity index is 2.57. The van der Waals surface area contributed by atoms with Gasteiger partial charge in [-0.05, 0) is 5.56 Å². The molecule has 5 nitrogen and oxygen atoms in total. The van der Waals surface area contributed by atoms with Crippen LogP contribution in [-0.2, 0) is 11.3 Å². The number of alkyl halides is 2. The number of ether oxygens (including phenoxy) is 1. The number of nitriles is 1. The van der Waals surface area contributed by atoms with E-state index in [9.17, 15) is 13.6 Å². The Morgan fingerprint density at radius 3 is 2.58 bits per heavy atom. The summed E-state index contributed by atoms with van der Waals surface area (Å²) < 4.78 is 29.9. The standard InChI is InChI=1S/C12H12F2N2O3/c13-10(14)12(7-15,8-17)16-11(18)19-6-9-4-2-1-3-5-9/h1-5,10,17H,6,8H2,(H,16,18)/t12-/m1/s1. The first kappa shape index (κ1) is 14.9. The molecule has 0 radical (unpaired) electrons. The molecule has 0 heterocycles. The molecule has 0 bridgehead atoms. The minimum Gasteiger partial charge on any atom is -0.445 e. The largest absolute Gasteiger partial charge is 0.445 e. The van der Waals surface area contributed by atoms with Gasteiger partial charge in [-0.25, -0.2) is 13.6 Å². The number of nitrogens with one attached hydrogen (secondary N) is 1. The highest BCUT2D eigenvalue weighted by Crippen LogP contribution is 2.15. The molecule has 1 aromatic carbocycles. The van der Waals surface area contributed by atoms with Crippen molar-refractivity contribution < 1.29 is 23.4 Å². The van der Waals surface area contributed by atoms with Crippen LogP contribution in [0, 0.1) is 11.3 Å². The van der Waals surface area contributed by atoms with E-state index in [1.807, 2.05) is 0 Å². The normalized spacial score (nSPS) is 13.4. The number of halogens is 2. The number of alkyl carbamates (subject to hydrolysis) is 1. The van der Waals surface area contributed by atoms with Crippen molar-refractivity contribution in [2.24, 2.45) is 0 Å². The third-order valence-electron chi connectivity index (χ3n) is 2.36. The van der Waals surface area contributed by atoms with Crippen molar-refractivity contribution in [3.05, 3.63) is 35.9 Å². The number of hydrogen-bond acceptors (Lipinski definition) is 4. The van der Waals surface area contributed by atoms with E-state index in [0.717, 1.165) is 0 Å². The molecule has 1 amide bonds. The second-order valence-electron chi connectivity index (χ2n) is 3.73. The summed E-state index contributed by atoms with van der Waals surface area (Å²) in [6.45, 7) is -1.33. The Morgan fingerprint density at radius 2 is 2.11 bits per heavy atom. The average molecular weight is 270 g/mol. The van der Waals surface area contributed by atoms with Crippen molar-refractivity contribution >= 4 is 6.09 Å². The molecule has 19 heavy (non-hydrogen) atoms. The number of amides is 1. The molecule has 7 heteroatoms. The van der Waals surface area contributed by atoms with Gasteiger partial charge in [0.05, 0.1) is 12.7 Å². The van der Waals surface area contributed by atoms with Gasteiger partial charge in [-0.15, -0.1) is 0 Å². The molecular formula is C12H12F2N2O3. The Kier molecular flexibility index (Phi) is 5.21. The maximum absolute atomic E-state index is 12.6. The molecule has 0 unspecified atom stereocenters. The lowest BCUT2D eigenvalue weighted by Crippen LogP contribution is -2.55. The molecule has 0 saturated heterocycles. The fraction of sp³-hybridized carbons (Fsp3) is 0.333. The molecule has 0 saturated carbocycles. The van der Waals surface area contributed by atoms with E-state index in [1.54, 1.807) is 35.6 Å². The van der Waals surface area contributed by atoms with Gasteiger partial charge in [0.2, 0.25) is 5.54 Å². The number of benzene rings is 1. The summed E-state index contributed by atoms with van der Waals surface area (Å²) in [6, 6.07) is 9.77. The smallest absolute Gasteiger partial charge is 0.408 e. The van der Waals surface area contributed by atoms with Crippen LogP contribution in [0.3, 0.4) is 0 Å². The molecule has 1 aromatic rings. The lowest BCUT2D eigenvalue weighted by atomic mass is 10.0. The number of aliphatic hydroxyl groups is 1. The van der Waals surface area contributed by atoms with Gasteiger partial charge < -0.3 is 9.84 Å². The summed E-state index contributed by atoms with van der Waals surface area (Å²) in [4.78, 5) is 11.3. The van der Waals surface area contributed by atoms with Gasteiger partial charge in [-0.2, -0.15) is 5.26 Å². The lowest BCUT2D eigenvalue weighted by molar-refractivity contribution is 0.0227. The van der Waals surface area contributed by atoms with Crippen LogP contribution < -0.4 is 5.32 Å². The SMILES string of the molecule is N#C[C@](CO)(NC(=O)OCc1ccccc1)C(F)F. The van der Waals surface area contributed by atoms with Crippen LogP contribution in [0.5, 0.6) is 0 Å². The van der Waals surface area contributed by atoms with Crippen LogP contribution in [0.1, 0.15) is 5.56 Å². The Labute approximate surface area is 108 Å². The maximum Gasteiger partial charge on any atom is 0.408 e. The van der Waals surface area contributed by atoms with Crippen molar-refractivity contribution in [3.8, 4) is 6.07 Å².